The van der Waals surface area contributed by atoms with Crippen LogP contribution in [0.4, 0.5) is 11.4 Å². The summed E-state index contributed by atoms with van der Waals surface area (Å²) in [6, 6.07) is 16.1. The van der Waals surface area contributed by atoms with Crippen molar-refractivity contribution in [3.05, 3.63) is 59.7 Å². The molecule has 1 amide bonds. The van der Waals surface area contributed by atoms with Crippen LogP contribution in [0.25, 0.3) is 0 Å². The van der Waals surface area contributed by atoms with E-state index < -0.39 is 0 Å². The molecule has 108 valence electrons. The van der Waals surface area contributed by atoms with Crippen LogP contribution in [0.3, 0.4) is 0 Å². The van der Waals surface area contributed by atoms with Gasteiger partial charge in [-0.3, -0.25) is 4.79 Å². The third-order valence-corrected chi connectivity index (χ3v) is 4.12. The van der Waals surface area contributed by atoms with E-state index >= 15 is 0 Å². The Kier molecular flexibility index (Phi) is 3.65. The van der Waals surface area contributed by atoms with Gasteiger partial charge in [-0.1, -0.05) is 36.4 Å². The molecular formula is C18H20N2O. The molecule has 0 bridgehead atoms. The first kappa shape index (κ1) is 13.7. The summed E-state index contributed by atoms with van der Waals surface area (Å²) in [4.78, 5) is 14.9. The lowest BCUT2D eigenvalue weighted by Crippen LogP contribution is -2.36. The number of hydrogen-bond donors (Lipinski definition) is 1. The highest BCUT2D eigenvalue weighted by Crippen LogP contribution is 2.33. The zero-order valence-electron chi connectivity index (χ0n) is 12.5. The molecular weight excluding hydrogens is 260 g/mol. The van der Waals surface area contributed by atoms with Crippen LogP contribution in [0.2, 0.25) is 0 Å². The van der Waals surface area contributed by atoms with Gasteiger partial charge in [-0.05, 0) is 37.1 Å². The van der Waals surface area contributed by atoms with Gasteiger partial charge >= 0.3 is 0 Å². The second-order valence-corrected chi connectivity index (χ2v) is 5.39. The average Bonchev–Trinajstić information content (AvgIpc) is 2.93. The van der Waals surface area contributed by atoms with Gasteiger partial charge in [0.2, 0.25) is 5.91 Å². The monoisotopic (exact) mass is 280 g/mol. The highest BCUT2D eigenvalue weighted by atomic mass is 16.2. The molecule has 3 nitrogen and oxygen atoms in total. The lowest BCUT2D eigenvalue weighted by molar-refractivity contribution is -0.119. The molecule has 1 N–H and O–H groups in total. The van der Waals surface area contributed by atoms with Crippen LogP contribution >= 0.6 is 0 Å². The molecule has 2 aromatic rings. The minimum Gasteiger partial charge on any atom is -0.384 e. The summed E-state index contributed by atoms with van der Waals surface area (Å²) < 4.78 is 0. The number of para-hydroxylation sites is 2. The summed E-state index contributed by atoms with van der Waals surface area (Å²) >= 11 is 0. The molecule has 0 saturated heterocycles. The highest BCUT2D eigenvalue weighted by Gasteiger charge is 2.31. The van der Waals surface area contributed by atoms with Gasteiger partial charge in [-0.15, -0.1) is 0 Å². The van der Waals surface area contributed by atoms with Crippen molar-refractivity contribution in [3.63, 3.8) is 0 Å². The molecule has 1 atom stereocenters. The summed E-state index contributed by atoms with van der Waals surface area (Å²) in [5, 5.41) is 3.33. The summed E-state index contributed by atoms with van der Waals surface area (Å²) in [5.41, 5.74) is 4.33. The summed E-state index contributed by atoms with van der Waals surface area (Å²) in [6.07, 6.45) is 0. The molecule has 0 fully saturated rings. The maximum Gasteiger partial charge on any atom is 0.236 e. The van der Waals surface area contributed by atoms with Gasteiger partial charge in [0.15, 0.2) is 0 Å². The van der Waals surface area contributed by atoms with Crippen molar-refractivity contribution < 1.29 is 4.79 Å². The summed E-state index contributed by atoms with van der Waals surface area (Å²) in [7, 11) is 0. The largest absolute Gasteiger partial charge is 0.384 e. The fourth-order valence-electron chi connectivity index (χ4n) is 3.00. The van der Waals surface area contributed by atoms with E-state index in [0.29, 0.717) is 13.1 Å². The Morgan fingerprint density at radius 1 is 1.19 bits per heavy atom. The van der Waals surface area contributed by atoms with E-state index in [-0.39, 0.29) is 11.8 Å². The van der Waals surface area contributed by atoms with Gasteiger partial charge in [0.05, 0.1) is 5.92 Å². The van der Waals surface area contributed by atoms with E-state index in [4.69, 9.17) is 0 Å². The zero-order chi connectivity index (χ0) is 14.8. The maximum atomic E-state index is 13.0. The van der Waals surface area contributed by atoms with Crippen molar-refractivity contribution in [1.29, 1.82) is 0 Å². The quantitative estimate of drug-likeness (QED) is 0.932. The van der Waals surface area contributed by atoms with Gasteiger partial charge in [0.1, 0.15) is 0 Å². The Bertz CT molecular complexity index is 666. The molecule has 0 aromatic heterocycles. The van der Waals surface area contributed by atoms with Crippen molar-refractivity contribution in [1.82, 2.24) is 0 Å². The summed E-state index contributed by atoms with van der Waals surface area (Å²) in [6.45, 7) is 5.44. The van der Waals surface area contributed by atoms with E-state index in [1.165, 1.54) is 0 Å². The lowest BCUT2D eigenvalue weighted by atomic mass is 9.99. The molecule has 1 aliphatic rings. The van der Waals surface area contributed by atoms with Gasteiger partial charge in [0, 0.05) is 24.5 Å². The fraction of sp³-hybridized carbons (Fsp3) is 0.278. The van der Waals surface area contributed by atoms with E-state index in [9.17, 15) is 4.79 Å². The van der Waals surface area contributed by atoms with E-state index in [2.05, 4.69) is 5.32 Å². The first-order valence-corrected chi connectivity index (χ1v) is 7.42. The van der Waals surface area contributed by atoms with Crippen molar-refractivity contribution in [3.8, 4) is 0 Å². The standard InChI is InChI=1S/C18H20N2O/c1-3-20(17-11-7-4-8-13(17)2)18(21)15-12-19-16-10-6-5-9-14(15)16/h4-11,15,19H,3,12H2,1-2H3. The number of carbonyl (C=O) groups excluding carboxylic acids is 1. The second-order valence-electron chi connectivity index (χ2n) is 5.39. The maximum absolute atomic E-state index is 13.0. The van der Waals surface area contributed by atoms with Crippen LogP contribution in [0.1, 0.15) is 24.0 Å². The van der Waals surface area contributed by atoms with Gasteiger partial charge in [0.25, 0.3) is 0 Å². The molecule has 3 rings (SSSR count). The number of likely N-dealkylation sites (N-methyl/N-ethyl adjacent to an activating group) is 1. The van der Waals surface area contributed by atoms with Crippen molar-refractivity contribution in [2.75, 3.05) is 23.3 Å². The molecule has 1 unspecified atom stereocenters. The van der Waals surface area contributed by atoms with Gasteiger partial charge in [-0.25, -0.2) is 0 Å². The fourth-order valence-corrected chi connectivity index (χ4v) is 3.00. The second kappa shape index (κ2) is 5.60. The first-order chi connectivity index (χ1) is 10.2. The number of nitrogens with one attached hydrogen (secondary N) is 1. The van der Waals surface area contributed by atoms with Gasteiger partial charge in [-0.2, -0.15) is 0 Å². The number of rotatable bonds is 3. The normalized spacial score (nSPS) is 16.2. The molecule has 1 heterocycles. The molecule has 3 heteroatoms. The zero-order valence-corrected chi connectivity index (χ0v) is 12.5. The van der Waals surface area contributed by atoms with Crippen LogP contribution in [0, 0.1) is 6.92 Å². The molecule has 0 aliphatic carbocycles. The van der Waals surface area contributed by atoms with Crippen LogP contribution < -0.4 is 10.2 Å². The van der Waals surface area contributed by atoms with Crippen LogP contribution in [0.5, 0.6) is 0 Å². The molecule has 21 heavy (non-hydrogen) atoms. The number of nitrogens with zero attached hydrogens (tertiary/aromatic N) is 1. The Morgan fingerprint density at radius 2 is 1.90 bits per heavy atom. The predicted octanol–water partition coefficient (Wildman–Crippen LogP) is 3.56. The summed E-state index contributed by atoms with van der Waals surface area (Å²) in [5.74, 6) is 0.0741. The molecule has 0 saturated carbocycles. The number of fused-ring (bicyclic) bond motifs is 1. The number of aryl methyl sites for hydroxylation is 1. The van der Waals surface area contributed by atoms with Gasteiger partial charge < -0.3 is 10.2 Å². The van der Waals surface area contributed by atoms with E-state index in [1.54, 1.807) is 0 Å². The van der Waals surface area contributed by atoms with E-state index in [1.807, 2.05) is 67.3 Å². The molecule has 2 aromatic carbocycles. The minimum absolute atomic E-state index is 0.0965. The van der Waals surface area contributed by atoms with E-state index in [0.717, 1.165) is 22.5 Å². The predicted molar refractivity (Wildman–Crippen MR) is 86.9 cm³/mol. The Hall–Kier alpha value is -2.29. The number of anilines is 2. The first-order valence-electron chi connectivity index (χ1n) is 7.42. The highest BCUT2D eigenvalue weighted by molar-refractivity contribution is 6.00. The Labute approximate surface area is 125 Å². The number of benzene rings is 2. The van der Waals surface area contributed by atoms with Crippen LogP contribution in [0.15, 0.2) is 48.5 Å². The smallest absolute Gasteiger partial charge is 0.236 e. The Balaban J connectivity index is 1.93. The third kappa shape index (κ3) is 2.40. The third-order valence-electron chi connectivity index (χ3n) is 4.12. The number of carbonyl (C=O) groups is 1. The topological polar surface area (TPSA) is 32.3 Å². The van der Waals surface area contributed by atoms with Crippen molar-refractivity contribution in [2.24, 2.45) is 0 Å². The van der Waals surface area contributed by atoms with Crippen molar-refractivity contribution >= 4 is 17.3 Å². The minimum atomic E-state index is -0.0965. The number of amides is 1. The lowest BCUT2D eigenvalue weighted by Gasteiger charge is -2.26. The van der Waals surface area contributed by atoms with Crippen LogP contribution in [-0.4, -0.2) is 19.0 Å². The molecule has 0 spiro atoms. The van der Waals surface area contributed by atoms with Crippen molar-refractivity contribution in [2.45, 2.75) is 19.8 Å². The average molecular weight is 280 g/mol. The Morgan fingerprint density at radius 3 is 2.67 bits per heavy atom. The SMILES string of the molecule is CCN(C(=O)C1CNc2ccccc21)c1ccccc1C. The van der Waals surface area contributed by atoms with Crippen LogP contribution in [-0.2, 0) is 4.79 Å². The number of hydrogen-bond acceptors (Lipinski definition) is 2. The molecule has 0 radical (unpaired) electrons. The molecule has 1 aliphatic heterocycles.